The predicted octanol–water partition coefficient (Wildman–Crippen LogP) is 1.62. The number of nitrogens with zero attached hydrogens (tertiary/aromatic N) is 5. The highest BCUT2D eigenvalue weighted by Crippen LogP contribution is 2.09. The smallest absolute Gasteiger partial charge is 0.260 e. The monoisotopic (exact) mass is 269 g/mol. The second-order valence-electron chi connectivity index (χ2n) is 4.93. The minimum atomic E-state index is -0.0612. The summed E-state index contributed by atoms with van der Waals surface area (Å²) in [7, 11) is 0. The first kappa shape index (κ1) is 12.5. The van der Waals surface area contributed by atoms with Gasteiger partial charge in [-0.3, -0.25) is 9.78 Å². The van der Waals surface area contributed by atoms with Gasteiger partial charge in [-0.2, -0.15) is 0 Å². The summed E-state index contributed by atoms with van der Waals surface area (Å²) in [6.45, 7) is 4.52. The standard InChI is InChI=1S/C14H15N5O/c1-10(2)19-9-16-17-13(19)8-18-7-5-12-11(14(18)20)4-3-6-15-12/h3-7,9-10H,8H2,1-2H3. The molecule has 0 aliphatic heterocycles. The SMILES string of the molecule is CC(C)n1cnnc1Cn1ccc2ncccc2c1=O. The normalized spacial score (nSPS) is 11.3. The molecule has 0 spiro atoms. The summed E-state index contributed by atoms with van der Waals surface area (Å²) in [5.41, 5.74) is 0.646. The topological polar surface area (TPSA) is 65.6 Å². The lowest BCUT2D eigenvalue weighted by atomic mass is 10.2. The first-order chi connectivity index (χ1) is 9.66. The Hall–Kier alpha value is -2.50. The second-order valence-corrected chi connectivity index (χ2v) is 4.93. The van der Waals surface area contributed by atoms with Gasteiger partial charge >= 0.3 is 0 Å². The van der Waals surface area contributed by atoms with Crippen LogP contribution in [0.2, 0.25) is 0 Å². The Bertz CT molecular complexity index is 802. The fourth-order valence-corrected chi connectivity index (χ4v) is 2.20. The van der Waals surface area contributed by atoms with Crippen molar-refractivity contribution in [2.24, 2.45) is 0 Å². The van der Waals surface area contributed by atoms with Gasteiger partial charge in [-0.15, -0.1) is 10.2 Å². The highest BCUT2D eigenvalue weighted by atomic mass is 16.1. The van der Waals surface area contributed by atoms with Crippen molar-refractivity contribution in [1.29, 1.82) is 0 Å². The molecule has 0 aromatic carbocycles. The fraction of sp³-hybridized carbons (Fsp3) is 0.286. The molecule has 0 saturated heterocycles. The molecule has 3 heterocycles. The molecule has 0 unspecified atom stereocenters. The second kappa shape index (κ2) is 4.88. The zero-order valence-electron chi connectivity index (χ0n) is 11.4. The Morgan fingerprint density at radius 3 is 2.95 bits per heavy atom. The average Bonchev–Trinajstić information content (AvgIpc) is 2.91. The van der Waals surface area contributed by atoms with Gasteiger partial charge in [0.15, 0.2) is 5.82 Å². The lowest BCUT2D eigenvalue weighted by molar-refractivity contribution is 0.550. The van der Waals surface area contributed by atoms with E-state index in [-0.39, 0.29) is 11.6 Å². The van der Waals surface area contributed by atoms with E-state index in [1.54, 1.807) is 35.4 Å². The molecule has 0 bridgehead atoms. The molecule has 3 aromatic heterocycles. The lowest BCUT2D eigenvalue weighted by Gasteiger charge is -2.11. The summed E-state index contributed by atoms with van der Waals surface area (Å²) < 4.78 is 3.59. The van der Waals surface area contributed by atoms with Crippen LogP contribution >= 0.6 is 0 Å². The fourth-order valence-electron chi connectivity index (χ4n) is 2.20. The summed E-state index contributed by atoms with van der Waals surface area (Å²) in [5.74, 6) is 0.769. The Labute approximate surface area is 115 Å². The molecule has 6 heteroatoms. The predicted molar refractivity (Wildman–Crippen MR) is 75.5 cm³/mol. The van der Waals surface area contributed by atoms with Gasteiger partial charge in [0.1, 0.15) is 6.33 Å². The van der Waals surface area contributed by atoms with E-state index >= 15 is 0 Å². The highest BCUT2D eigenvalue weighted by Gasteiger charge is 2.10. The maximum Gasteiger partial charge on any atom is 0.260 e. The van der Waals surface area contributed by atoms with Crippen LogP contribution < -0.4 is 5.56 Å². The first-order valence-electron chi connectivity index (χ1n) is 6.49. The Morgan fingerprint density at radius 1 is 1.30 bits per heavy atom. The zero-order valence-corrected chi connectivity index (χ0v) is 11.4. The van der Waals surface area contributed by atoms with Crippen LogP contribution in [-0.2, 0) is 6.54 Å². The molecule has 6 nitrogen and oxygen atoms in total. The maximum absolute atomic E-state index is 12.4. The third-order valence-corrected chi connectivity index (χ3v) is 3.26. The van der Waals surface area contributed by atoms with Crippen LogP contribution in [0, 0.1) is 0 Å². The lowest BCUT2D eigenvalue weighted by Crippen LogP contribution is -2.22. The molecule has 3 rings (SSSR count). The third-order valence-electron chi connectivity index (χ3n) is 3.26. The van der Waals surface area contributed by atoms with Crippen LogP contribution in [0.3, 0.4) is 0 Å². The van der Waals surface area contributed by atoms with E-state index in [1.165, 1.54) is 0 Å². The van der Waals surface area contributed by atoms with Crippen LogP contribution in [-0.4, -0.2) is 24.3 Å². The molecule has 0 fully saturated rings. The van der Waals surface area contributed by atoms with Gasteiger partial charge in [-0.25, -0.2) is 0 Å². The van der Waals surface area contributed by atoms with Gasteiger partial charge in [-0.1, -0.05) is 0 Å². The van der Waals surface area contributed by atoms with Crippen molar-refractivity contribution in [1.82, 2.24) is 24.3 Å². The number of rotatable bonds is 3. The molecule has 0 saturated carbocycles. The molecule has 0 N–H and O–H groups in total. The molecular formula is C14H15N5O. The largest absolute Gasteiger partial charge is 0.314 e. The number of fused-ring (bicyclic) bond motifs is 1. The minimum Gasteiger partial charge on any atom is -0.314 e. The Morgan fingerprint density at radius 2 is 2.15 bits per heavy atom. The summed E-state index contributed by atoms with van der Waals surface area (Å²) in [5, 5.41) is 8.62. The molecule has 0 radical (unpaired) electrons. The Balaban J connectivity index is 2.05. The van der Waals surface area contributed by atoms with Crippen molar-refractivity contribution >= 4 is 10.9 Å². The third kappa shape index (κ3) is 2.09. The van der Waals surface area contributed by atoms with Crippen LogP contribution in [0.5, 0.6) is 0 Å². The van der Waals surface area contributed by atoms with Gasteiger partial charge < -0.3 is 9.13 Å². The summed E-state index contributed by atoms with van der Waals surface area (Å²) in [6, 6.07) is 5.66. The molecule has 102 valence electrons. The summed E-state index contributed by atoms with van der Waals surface area (Å²) >= 11 is 0. The number of pyridine rings is 2. The maximum atomic E-state index is 12.4. The van der Waals surface area contributed by atoms with Crippen molar-refractivity contribution in [3.05, 3.63) is 53.1 Å². The number of hydrogen-bond donors (Lipinski definition) is 0. The van der Waals surface area contributed by atoms with E-state index < -0.39 is 0 Å². The van der Waals surface area contributed by atoms with Crippen molar-refractivity contribution in [3.8, 4) is 0 Å². The minimum absolute atomic E-state index is 0.0612. The van der Waals surface area contributed by atoms with Crippen molar-refractivity contribution in [2.75, 3.05) is 0 Å². The van der Waals surface area contributed by atoms with Gasteiger partial charge in [0.2, 0.25) is 0 Å². The van der Waals surface area contributed by atoms with Crippen molar-refractivity contribution in [3.63, 3.8) is 0 Å². The molecule has 0 amide bonds. The van der Waals surface area contributed by atoms with Crippen molar-refractivity contribution < 1.29 is 0 Å². The van der Waals surface area contributed by atoms with Gasteiger partial charge in [0.05, 0.1) is 17.4 Å². The van der Waals surface area contributed by atoms with E-state index in [2.05, 4.69) is 29.0 Å². The van der Waals surface area contributed by atoms with E-state index in [0.717, 1.165) is 5.82 Å². The van der Waals surface area contributed by atoms with Crippen LogP contribution in [0.25, 0.3) is 10.9 Å². The molecule has 0 aliphatic rings. The number of aromatic nitrogens is 5. The molecular weight excluding hydrogens is 254 g/mol. The van der Waals surface area contributed by atoms with Crippen LogP contribution in [0.15, 0.2) is 41.7 Å². The van der Waals surface area contributed by atoms with E-state index in [0.29, 0.717) is 17.4 Å². The van der Waals surface area contributed by atoms with Crippen LogP contribution in [0.4, 0.5) is 0 Å². The highest BCUT2D eigenvalue weighted by molar-refractivity contribution is 5.76. The molecule has 0 atom stereocenters. The van der Waals surface area contributed by atoms with Crippen molar-refractivity contribution in [2.45, 2.75) is 26.4 Å². The van der Waals surface area contributed by atoms with E-state index in [9.17, 15) is 4.79 Å². The van der Waals surface area contributed by atoms with Gasteiger partial charge in [0, 0.05) is 18.4 Å². The summed E-state index contributed by atoms with van der Waals surface area (Å²) in [4.78, 5) is 16.6. The van der Waals surface area contributed by atoms with E-state index in [1.807, 2.05) is 10.6 Å². The molecule has 0 aliphatic carbocycles. The molecule has 20 heavy (non-hydrogen) atoms. The number of hydrogen-bond acceptors (Lipinski definition) is 4. The molecule has 3 aromatic rings. The van der Waals surface area contributed by atoms with E-state index in [4.69, 9.17) is 0 Å². The van der Waals surface area contributed by atoms with Gasteiger partial charge in [0.25, 0.3) is 5.56 Å². The first-order valence-corrected chi connectivity index (χ1v) is 6.49. The van der Waals surface area contributed by atoms with Crippen LogP contribution in [0.1, 0.15) is 25.7 Å². The zero-order chi connectivity index (χ0) is 14.1. The quantitative estimate of drug-likeness (QED) is 0.724. The van der Waals surface area contributed by atoms with Gasteiger partial charge in [-0.05, 0) is 32.0 Å². The average molecular weight is 269 g/mol. The Kier molecular flexibility index (Phi) is 3.06. The summed E-state index contributed by atoms with van der Waals surface area (Å²) in [6.07, 6.45) is 5.12.